The fourth-order valence-corrected chi connectivity index (χ4v) is 2.28. The van der Waals surface area contributed by atoms with Crippen molar-refractivity contribution in [2.24, 2.45) is 17.1 Å². The minimum Gasteiger partial charge on any atom is -0.338 e. The first-order valence-electron chi connectivity index (χ1n) is 6.43. The summed E-state index contributed by atoms with van der Waals surface area (Å²) in [4.78, 5) is 14.4. The zero-order valence-electron chi connectivity index (χ0n) is 11.1. The lowest BCUT2D eigenvalue weighted by Crippen LogP contribution is -2.53. The molecule has 2 atom stereocenters. The van der Waals surface area contributed by atoms with Crippen molar-refractivity contribution in [3.63, 3.8) is 0 Å². The molecular formula is C13H26N2O. The van der Waals surface area contributed by atoms with Crippen molar-refractivity contribution in [1.29, 1.82) is 0 Å². The number of nitrogens with zero attached hydrogens (tertiary/aromatic N) is 1. The van der Waals surface area contributed by atoms with Gasteiger partial charge in [0.15, 0.2) is 0 Å². The molecule has 0 aliphatic carbocycles. The van der Waals surface area contributed by atoms with Gasteiger partial charge in [0.2, 0.25) is 5.91 Å². The van der Waals surface area contributed by atoms with E-state index < -0.39 is 0 Å². The van der Waals surface area contributed by atoms with Crippen LogP contribution in [0.5, 0.6) is 0 Å². The summed E-state index contributed by atoms with van der Waals surface area (Å²) in [7, 11) is 0. The molecule has 1 saturated heterocycles. The number of rotatable bonds is 3. The van der Waals surface area contributed by atoms with E-state index in [9.17, 15) is 4.79 Å². The van der Waals surface area contributed by atoms with E-state index in [2.05, 4.69) is 13.8 Å². The normalized spacial score (nSPS) is 26.9. The molecule has 16 heavy (non-hydrogen) atoms. The predicted molar refractivity (Wildman–Crippen MR) is 67.0 cm³/mol. The molecule has 3 heteroatoms. The number of piperidine rings is 1. The molecule has 0 aromatic rings. The number of carbonyl (C=O) groups is 1. The van der Waals surface area contributed by atoms with E-state index in [4.69, 9.17) is 5.73 Å². The number of nitrogens with two attached hydrogens (primary N) is 1. The summed E-state index contributed by atoms with van der Waals surface area (Å²) in [6, 6.07) is 0.252. The van der Waals surface area contributed by atoms with Gasteiger partial charge < -0.3 is 10.6 Å². The number of amides is 1. The van der Waals surface area contributed by atoms with Crippen LogP contribution < -0.4 is 5.73 Å². The quantitative estimate of drug-likeness (QED) is 0.800. The second kappa shape index (κ2) is 5.17. The Morgan fingerprint density at radius 1 is 1.50 bits per heavy atom. The van der Waals surface area contributed by atoms with Crippen LogP contribution >= 0.6 is 0 Å². The Labute approximate surface area is 99.4 Å². The molecule has 0 spiro atoms. The van der Waals surface area contributed by atoms with Gasteiger partial charge in [-0.25, -0.2) is 0 Å². The highest BCUT2D eigenvalue weighted by molar-refractivity contribution is 5.82. The lowest BCUT2D eigenvalue weighted by atomic mass is 9.85. The van der Waals surface area contributed by atoms with Crippen LogP contribution in [0, 0.1) is 11.3 Å². The van der Waals surface area contributed by atoms with Gasteiger partial charge in [-0.05, 0) is 25.2 Å². The molecule has 1 amide bonds. The van der Waals surface area contributed by atoms with E-state index in [-0.39, 0.29) is 17.4 Å². The molecular weight excluding hydrogens is 200 g/mol. The van der Waals surface area contributed by atoms with Crippen LogP contribution in [0.2, 0.25) is 0 Å². The molecule has 1 aliphatic rings. The van der Waals surface area contributed by atoms with E-state index in [1.165, 1.54) is 0 Å². The third kappa shape index (κ3) is 2.76. The SMILES string of the molecule is CCC(C)(C)C(=O)N1CCC(C)CC1CN. The minimum absolute atomic E-state index is 0.242. The van der Waals surface area contributed by atoms with Gasteiger partial charge >= 0.3 is 0 Å². The number of carbonyl (C=O) groups excluding carboxylic acids is 1. The summed E-state index contributed by atoms with van der Waals surface area (Å²) in [5.74, 6) is 0.972. The summed E-state index contributed by atoms with van der Waals surface area (Å²) < 4.78 is 0. The van der Waals surface area contributed by atoms with Crippen molar-refractivity contribution >= 4 is 5.91 Å². The molecule has 0 radical (unpaired) electrons. The first-order chi connectivity index (χ1) is 7.42. The van der Waals surface area contributed by atoms with E-state index >= 15 is 0 Å². The molecule has 1 aliphatic heterocycles. The second-order valence-corrected chi connectivity index (χ2v) is 5.76. The lowest BCUT2D eigenvalue weighted by Gasteiger charge is -2.41. The monoisotopic (exact) mass is 226 g/mol. The van der Waals surface area contributed by atoms with Crippen LogP contribution in [0.15, 0.2) is 0 Å². The van der Waals surface area contributed by atoms with Gasteiger partial charge in [-0.15, -0.1) is 0 Å². The molecule has 1 rings (SSSR count). The molecule has 2 N–H and O–H groups in total. The maximum absolute atomic E-state index is 12.4. The molecule has 3 nitrogen and oxygen atoms in total. The van der Waals surface area contributed by atoms with Gasteiger partial charge in [0.1, 0.15) is 0 Å². The van der Waals surface area contributed by atoms with Crippen molar-refractivity contribution in [2.45, 2.75) is 53.0 Å². The average molecular weight is 226 g/mol. The van der Waals surface area contributed by atoms with Gasteiger partial charge in [0.25, 0.3) is 0 Å². The molecule has 94 valence electrons. The van der Waals surface area contributed by atoms with Crippen LogP contribution in [0.25, 0.3) is 0 Å². The third-order valence-corrected chi connectivity index (χ3v) is 3.97. The van der Waals surface area contributed by atoms with Gasteiger partial charge in [0.05, 0.1) is 0 Å². The molecule has 0 aromatic heterocycles. The zero-order valence-corrected chi connectivity index (χ0v) is 11.1. The van der Waals surface area contributed by atoms with Gasteiger partial charge in [-0.2, -0.15) is 0 Å². The molecule has 0 aromatic carbocycles. The Morgan fingerprint density at radius 3 is 2.62 bits per heavy atom. The first kappa shape index (κ1) is 13.5. The van der Waals surface area contributed by atoms with Gasteiger partial charge in [-0.1, -0.05) is 27.7 Å². The fourth-order valence-electron chi connectivity index (χ4n) is 2.28. The van der Waals surface area contributed by atoms with Crippen LogP contribution in [0.3, 0.4) is 0 Å². The average Bonchev–Trinajstić information content (AvgIpc) is 2.27. The van der Waals surface area contributed by atoms with Crippen molar-refractivity contribution in [1.82, 2.24) is 4.90 Å². The second-order valence-electron chi connectivity index (χ2n) is 5.76. The summed E-state index contributed by atoms with van der Waals surface area (Å²) in [5, 5.41) is 0. The van der Waals surface area contributed by atoms with Crippen LogP contribution in [0.4, 0.5) is 0 Å². The molecule has 0 saturated carbocycles. The van der Waals surface area contributed by atoms with E-state index in [1.807, 2.05) is 18.7 Å². The van der Waals surface area contributed by atoms with Gasteiger partial charge in [0, 0.05) is 24.5 Å². The van der Waals surface area contributed by atoms with Gasteiger partial charge in [-0.3, -0.25) is 4.79 Å². The maximum atomic E-state index is 12.4. The van der Waals surface area contributed by atoms with Crippen LogP contribution in [-0.2, 0) is 4.79 Å². The summed E-state index contributed by atoms with van der Waals surface area (Å²) in [6.07, 6.45) is 3.05. The molecule has 1 fully saturated rings. The maximum Gasteiger partial charge on any atom is 0.228 e. The molecule has 1 heterocycles. The highest BCUT2D eigenvalue weighted by atomic mass is 16.2. The van der Waals surface area contributed by atoms with Crippen molar-refractivity contribution in [3.05, 3.63) is 0 Å². The lowest BCUT2D eigenvalue weighted by molar-refractivity contribution is -0.144. The van der Waals surface area contributed by atoms with Crippen LogP contribution in [0.1, 0.15) is 47.0 Å². The smallest absolute Gasteiger partial charge is 0.228 e. The number of hydrogen-bond acceptors (Lipinski definition) is 2. The fraction of sp³-hybridized carbons (Fsp3) is 0.923. The summed E-state index contributed by atoms with van der Waals surface area (Å²) in [5.41, 5.74) is 5.54. The zero-order chi connectivity index (χ0) is 12.3. The Balaban J connectivity index is 2.75. The Bertz CT molecular complexity index is 250. The van der Waals surface area contributed by atoms with Crippen LogP contribution in [-0.4, -0.2) is 29.9 Å². The first-order valence-corrected chi connectivity index (χ1v) is 6.43. The van der Waals surface area contributed by atoms with E-state index in [0.29, 0.717) is 12.5 Å². The largest absolute Gasteiger partial charge is 0.338 e. The minimum atomic E-state index is -0.242. The Morgan fingerprint density at radius 2 is 2.12 bits per heavy atom. The predicted octanol–water partition coefficient (Wildman–Crippen LogP) is 2.01. The van der Waals surface area contributed by atoms with E-state index in [0.717, 1.165) is 25.8 Å². The third-order valence-electron chi connectivity index (χ3n) is 3.97. The molecule has 2 unspecified atom stereocenters. The number of likely N-dealkylation sites (tertiary alicyclic amines) is 1. The van der Waals surface area contributed by atoms with E-state index in [1.54, 1.807) is 0 Å². The summed E-state index contributed by atoms with van der Waals surface area (Å²) >= 11 is 0. The van der Waals surface area contributed by atoms with Crippen molar-refractivity contribution in [2.75, 3.05) is 13.1 Å². The Kier molecular flexibility index (Phi) is 4.36. The van der Waals surface area contributed by atoms with Crippen molar-refractivity contribution in [3.8, 4) is 0 Å². The summed E-state index contributed by atoms with van der Waals surface area (Å²) in [6.45, 7) is 9.85. The standard InChI is InChI=1S/C13H26N2O/c1-5-13(3,4)12(16)15-7-6-10(2)8-11(15)9-14/h10-11H,5-9,14H2,1-4H3. The highest BCUT2D eigenvalue weighted by Gasteiger charge is 2.36. The Hall–Kier alpha value is -0.570. The highest BCUT2D eigenvalue weighted by Crippen LogP contribution is 2.29. The van der Waals surface area contributed by atoms with Crippen molar-refractivity contribution < 1.29 is 4.79 Å². The number of hydrogen-bond donors (Lipinski definition) is 1. The molecule has 0 bridgehead atoms. The topological polar surface area (TPSA) is 46.3 Å².